The summed E-state index contributed by atoms with van der Waals surface area (Å²) in [7, 11) is 0. The molecular weight excluding hydrogens is 536 g/mol. The van der Waals surface area contributed by atoms with Crippen LogP contribution in [0.4, 0.5) is 0 Å². The summed E-state index contributed by atoms with van der Waals surface area (Å²) in [5, 5.41) is 0. The first-order valence-electron chi connectivity index (χ1n) is 16.3. The van der Waals surface area contributed by atoms with Crippen LogP contribution in [0.3, 0.4) is 0 Å². The van der Waals surface area contributed by atoms with Crippen LogP contribution in [0.15, 0.2) is 61.2 Å². The van der Waals surface area contributed by atoms with E-state index in [1.165, 1.54) is 44.5 Å². The second kappa shape index (κ2) is 14.3. The van der Waals surface area contributed by atoms with E-state index in [-0.39, 0.29) is 11.3 Å². The summed E-state index contributed by atoms with van der Waals surface area (Å²) in [5.41, 5.74) is 2.38. The molecule has 2 heterocycles. The molecule has 0 radical (unpaired) electrons. The second-order valence-electron chi connectivity index (χ2n) is 13.1. The zero-order valence-corrected chi connectivity index (χ0v) is 26.0. The highest BCUT2D eigenvalue weighted by molar-refractivity contribution is 5.92. The minimum atomic E-state index is -0.460. The number of carbonyl (C=O) groups excluding carboxylic acids is 2. The molecule has 0 saturated heterocycles. The smallest absolute Gasteiger partial charge is 0.345 e. The van der Waals surface area contributed by atoms with E-state index in [9.17, 15) is 9.59 Å². The van der Waals surface area contributed by atoms with Gasteiger partial charge in [-0.3, -0.25) is 9.97 Å². The molecule has 1 aromatic carbocycles. The van der Waals surface area contributed by atoms with Gasteiger partial charge in [-0.25, -0.2) is 9.59 Å². The highest BCUT2D eigenvalue weighted by Gasteiger charge is 2.34. The normalized spacial score (nSPS) is 19.5. The van der Waals surface area contributed by atoms with Crippen LogP contribution in [0.5, 0.6) is 11.5 Å². The van der Waals surface area contributed by atoms with Crippen molar-refractivity contribution in [2.75, 3.05) is 0 Å². The van der Waals surface area contributed by atoms with Gasteiger partial charge in [-0.1, -0.05) is 65.7 Å². The Labute approximate surface area is 256 Å². The van der Waals surface area contributed by atoms with Crippen LogP contribution in [-0.2, 0) is 5.41 Å². The van der Waals surface area contributed by atoms with Gasteiger partial charge in [0, 0.05) is 30.4 Å². The first-order valence-corrected chi connectivity index (χ1v) is 16.3. The molecule has 228 valence electrons. The molecule has 0 spiro atoms. The first-order chi connectivity index (χ1) is 20.9. The lowest BCUT2D eigenvalue weighted by Crippen LogP contribution is -2.24. The molecular formula is C37H46N2O4. The van der Waals surface area contributed by atoms with Gasteiger partial charge in [0.25, 0.3) is 0 Å². The average Bonchev–Trinajstić information content (AvgIpc) is 3.05. The SMILES string of the molecule is CCCCC(C)(C)c1cc(OC(=O)c2cccnc2)c(C2CCC(C3CCCCC3)CC2)c(OC(=O)c2cccnc2)c1. The van der Waals surface area contributed by atoms with Crippen molar-refractivity contribution in [3.8, 4) is 11.5 Å². The molecule has 0 amide bonds. The molecule has 3 aromatic rings. The number of aromatic nitrogens is 2. The van der Waals surface area contributed by atoms with Crippen molar-refractivity contribution in [2.24, 2.45) is 11.8 Å². The van der Waals surface area contributed by atoms with Crippen LogP contribution in [0, 0.1) is 11.8 Å². The maximum absolute atomic E-state index is 13.4. The van der Waals surface area contributed by atoms with Crippen LogP contribution in [0.2, 0.25) is 0 Å². The second-order valence-corrected chi connectivity index (χ2v) is 13.1. The molecule has 6 heteroatoms. The van der Waals surface area contributed by atoms with Crippen LogP contribution in [-0.4, -0.2) is 21.9 Å². The number of rotatable bonds is 10. The van der Waals surface area contributed by atoms with Crippen LogP contribution in [0.25, 0.3) is 0 Å². The number of unbranched alkanes of at least 4 members (excludes halogenated alkanes) is 1. The number of carbonyl (C=O) groups is 2. The minimum Gasteiger partial charge on any atom is -0.422 e. The summed E-state index contributed by atoms with van der Waals surface area (Å²) in [6.07, 6.45) is 20.4. The molecule has 0 unspecified atom stereocenters. The van der Waals surface area contributed by atoms with Gasteiger partial charge in [0.2, 0.25) is 0 Å². The molecule has 2 saturated carbocycles. The van der Waals surface area contributed by atoms with Crippen LogP contribution < -0.4 is 9.47 Å². The number of nitrogens with zero attached hydrogens (tertiary/aromatic N) is 2. The molecule has 0 N–H and O–H groups in total. The maximum atomic E-state index is 13.4. The summed E-state index contributed by atoms with van der Waals surface area (Å²) in [6, 6.07) is 10.9. The fraction of sp³-hybridized carbons (Fsp3) is 0.514. The number of benzene rings is 1. The van der Waals surface area contributed by atoms with E-state index in [0.29, 0.717) is 22.6 Å². The Balaban J connectivity index is 1.54. The van der Waals surface area contributed by atoms with E-state index in [0.717, 1.165) is 67.9 Å². The molecule has 2 fully saturated rings. The lowest BCUT2D eigenvalue weighted by Gasteiger charge is -2.37. The topological polar surface area (TPSA) is 78.4 Å². The predicted octanol–water partition coefficient (Wildman–Crippen LogP) is 9.24. The number of esters is 2. The minimum absolute atomic E-state index is 0.126. The van der Waals surface area contributed by atoms with Crippen LogP contribution >= 0.6 is 0 Å². The molecule has 2 aliphatic rings. The Morgan fingerprint density at radius 2 is 1.33 bits per heavy atom. The molecule has 5 rings (SSSR count). The third-order valence-corrected chi connectivity index (χ3v) is 9.74. The van der Waals surface area contributed by atoms with Gasteiger partial charge in [0.1, 0.15) is 11.5 Å². The number of ether oxygens (including phenoxy) is 2. The van der Waals surface area contributed by atoms with Crippen LogP contribution in [0.1, 0.15) is 136 Å². The van der Waals surface area contributed by atoms with Gasteiger partial charge in [0.15, 0.2) is 0 Å². The van der Waals surface area contributed by atoms with Crippen molar-refractivity contribution < 1.29 is 19.1 Å². The largest absolute Gasteiger partial charge is 0.422 e. The third kappa shape index (κ3) is 7.70. The summed E-state index contributed by atoms with van der Waals surface area (Å²) in [4.78, 5) is 35.1. The molecule has 0 atom stereocenters. The molecule has 43 heavy (non-hydrogen) atoms. The van der Waals surface area contributed by atoms with E-state index in [1.807, 2.05) is 12.1 Å². The van der Waals surface area contributed by atoms with Crippen molar-refractivity contribution in [3.05, 3.63) is 83.4 Å². The van der Waals surface area contributed by atoms with Crippen molar-refractivity contribution in [1.29, 1.82) is 0 Å². The summed E-state index contributed by atoms with van der Waals surface area (Å²) in [6.45, 7) is 6.59. The number of pyridine rings is 2. The molecule has 6 nitrogen and oxygen atoms in total. The Hall–Kier alpha value is -3.54. The monoisotopic (exact) mass is 582 g/mol. The van der Waals surface area contributed by atoms with Crippen molar-refractivity contribution in [1.82, 2.24) is 9.97 Å². The summed E-state index contributed by atoms with van der Waals surface area (Å²) < 4.78 is 12.4. The quantitative estimate of drug-likeness (QED) is 0.175. The highest BCUT2D eigenvalue weighted by Crippen LogP contribution is 2.49. The Bertz CT molecular complexity index is 1280. The van der Waals surface area contributed by atoms with Crippen molar-refractivity contribution in [3.63, 3.8) is 0 Å². The van der Waals surface area contributed by atoms with Gasteiger partial charge >= 0.3 is 11.9 Å². The van der Waals surface area contributed by atoms with Gasteiger partial charge in [-0.15, -0.1) is 0 Å². The van der Waals surface area contributed by atoms with Gasteiger partial charge < -0.3 is 9.47 Å². The fourth-order valence-corrected chi connectivity index (χ4v) is 7.10. The van der Waals surface area contributed by atoms with E-state index >= 15 is 0 Å². The van der Waals surface area contributed by atoms with Gasteiger partial charge in [-0.2, -0.15) is 0 Å². The Kier molecular flexibility index (Phi) is 10.3. The first kappa shape index (κ1) is 30.9. The maximum Gasteiger partial charge on any atom is 0.345 e. The molecule has 0 bridgehead atoms. The van der Waals surface area contributed by atoms with E-state index in [2.05, 4.69) is 30.7 Å². The van der Waals surface area contributed by atoms with Gasteiger partial charge in [-0.05, 0) is 97.2 Å². The Morgan fingerprint density at radius 1 is 0.791 bits per heavy atom. The fourth-order valence-electron chi connectivity index (χ4n) is 7.10. The van der Waals surface area contributed by atoms with Crippen molar-refractivity contribution in [2.45, 2.75) is 109 Å². The average molecular weight is 583 g/mol. The third-order valence-electron chi connectivity index (χ3n) is 9.74. The summed E-state index contributed by atoms with van der Waals surface area (Å²) >= 11 is 0. The van der Waals surface area contributed by atoms with E-state index in [4.69, 9.17) is 9.47 Å². The van der Waals surface area contributed by atoms with E-state index < -0.39 is 11.9 Å². The Morgan fingerprint density at radius 3 is 1.81 bits per heavy atom. The zero-order valence-electron chi connectivity index (χ0n) is 26.0. The molecule has 0 aliphatic heterocycles. The van der Waals surface area contributed by atoms with Crippen molar-refractivity contribution >= 4 is 11.9 Å². The highest BCUT2D eigenvalue weighted by atomic mass is 16.5. The lowest BCUT2D eigenvalue weighted by atomic mass is 9.69. The predicted molar refractivity (Wildman–Crippen MR) is 169 cm³/mol. The standard InChI is InChI=1S/C37H46N2O4/c1-4-5-19-37(2,3)31-22-32(42-35(40)29-13-9-20-38-24-29)34(33(23-31)43-36(41)30-14-10-21-39-25-30)28-17-15-27(16-18-28)26-11-7-6-8-12-26/h9-10,13-14,20-28H,4-8,11-12,15-19H2,1-3H3. The van der Waals surface area contributed by atoms with Gasteiger partial charge in [0.05, 0.1) is 11.1 Å². The number of hydrogen-bond acceptors (Lipinski definition) is 6. The zero-order chi connectivity index (χ0) is 30.2. The van der Waals surface area contributed by atoms with E-state index in [1.54, 1.807) is 36.7 Å². The molecule has 2 aromatic heterocycles. The number of hydrogen-bond donors (Lipinski definition) is 0. The lowest BCUT2D eigenvalue weighted by molar-refractivity contribution is 0.0725. The molecule has 2 aliphatic carbocycles. The summed E-state index contributed by atoms with van der Waals surface area (Å²) in [5.74, 6) is 1.75.